The number of carbonyl (C=O) groups excluding carboxylic acids is 1. The highest BCUT2D eigenvalue weighted by Crippen LogP contribution is 2.14. The number of hydrogen-bond acceptors (Lipinski definition) is 5. The van der Waals surface area contributed by atoms with Gasteiger partial charge in [-0.2, -0.15) is 0 Å². The molecule has 0 aliphatic rings. The molecule has 0 atom stereocenters. The second-order valence-electron chi connectivity index (χ2n) is 5.40. The van der Waals surface area contributed by atoms with E-state index in [0.29, 0.717) is 16.9 Å². The van der Waals surface area contributed by atoms with Gasteiger partial charge >= 0.3 is 0 Å². The Morgan fingerprint density at radius 1 is 1.24 bits per heavy atom. The van der Waals surface area contributed by atoms with Crippen molar-refractivity contribution in [3.8, 4) is 11.4 Å². The molecule has 0 saturated heterocycles. The van der Waals surface area contributed by atoms with Crippen LogP contribution in [0, 0.1) is 12.7 Å². The number of nitrogens with zero attached hydrogens (tertiary/aromatic N) is 4. The van der Waals surface area contributed by atoms with E-state index >= 15 is 0 Å². The third-order valence-electron chi connectivity index (χ3n) is 3.55. The first-order valence-corrected chi connectivity index (χ1v) is 7.60. The molecule has 3 rings (SSSR count). The lowest BCUT2D eigenvalue weighted by Crippen LogP contribution is -2.28. The molecule has 0 radical (unpaired) electrons. The van der Waals surface area contributed by atoms with Crippen LogP contribution >= 0.6 is 0 Å². The number of aromatic nitrogens is 4. The van der Waals surface area contributed by atoms with Gasteiger partial charge in [0.2, 0.25) is 0 Å². The van der Waals surface area contributed by atoms with Crippen LogP contribution in [0.4, 0.5) is 4.39 Å². The quantitative estimate of drug-likeness (QED) is 0.739. The number of ether oxygens (including phenoxy) is 1. The van der Waals surface area contributed by atoms with Gasteiger partial charge in [0.25, 0.3) is 5.91 Å². The average molecular weight is 341 g/mol. The van der Waals surface area contributed by atoms with Crippen LogP contribution in [-0.4, -0.2) is 32.7 Å². The van der Waals surface area contributed by atoms with Crippen LogP contribution in [0.5, 0.6) is 5.75 Å². The van der Waals surface area contributed by atoms with Crippen molar-refractivity contribution in [1.82, 2.24) is 25.5 Å². The highest BCUT2D eigenvalue weighted by Gasteiger charge is 2.05. The molecule has 7 nitrogen and oxygen atoms in total. The minimum absolute atomic E-state index is 0.126. The summed E-state index contributed by atoms with van der Waals surface area (Å²) in [6, 6.07) is 11.9. The number of carbonyl (C=O) groups is 1. The fourth-order valence-corrected chi connectivity index (χ4v) is 2.12. The van der Waals surface area contributed by atoms with Gasteiger partial charge in [-0.25, -0.2) is 9.07 Å². The Morgan fingerprint density at radius 2 is 2.04 bits per heavy atom. The normalized spacial score (nSPS) is 10.5. The van der Waals surface area contributed by atoms with Crippen molar-refractivity contribution >= 4 is 5.91 Å². The number of nitrogens with one attached hydrogen (secondary N) is 1. The van der Waals surface area contributed by atoms with Crippen LogP contribution in [-0.2, 0) is 11.3 Å². The zero-order valence-corrected chi connectivity index (χ0v) is 13.5. The van der Waals surface area contributed by atoms with Gasteiger partial charge in [0, 0.05) is 6.54 Å². The average Bonchev–Trinajstić information content (AvgIpc) is 3.16. The van der Waals surface area contributed by atoms with Crippen LogP contribution in [0.2, 0.25) is 0 Å². The van der Waals surface area contributed by atoms with Gasteiger partial charge in [-0.1, -0.05) is 12.1 Å². The van der Waals surface area contributed by atoms with E-state index in [9.17, 15) is 9.18 Å². The Balaban J connectivity index is 1.48. The van der Waals surface area contributed by atoms with Gasteiger partial charge in [-0.15, -0.1) is 5.10 Å². The number of aryl methyl sites for hydroxylation is 1. The van der Waals surface area contributed by atoms with Crippen LogP contribution in [0.3, 0.4) is 0 Å². The molecule has 1 aromatic heterocycles. The molecule has 0 spiro atoms. The van der Waals surface area contributed by atoms with Gasteiger partial charge < -0.3 is 10.1 Å². The van der Waals surface area contributed by atoms with Gasteiger partial charge in [-0.3, -0.25) is 4.79 Å². The fraction of sp³-hybridized carbons (Fsp3) is 0.176. The number of rotatable bonds is 6. The van der Waals surface area contributed by atoms with Crippen LogP contribution in [0.1, 0.15) is 11.1 Å². The van der Waals surface area contributed by atoms with Gasteiger partial charge in [0.05, 0.1) is 5.69 Å². The minimum Gasteiger partial charge on any atom is -0.484 e. The lowest BCUT2D eigenvalue weighted by molar-refractivity contribution is -0.123. The zero-order chi connectivity index (χ0) is 17.6. The van der Waals surface area contributed by atoms with E-state index in [-0.39, 0.29) is 24.9 Å². The van der Waals surface area contributed by atoms with E-state index in [1.807, 2.05) is 0 Å². The molecule has 0 aliphatic heterocycles. The Labute approximate surface area is 143 Å². The van der Waals surface area contributed by atoms with E-state index in [1.54, 1.807) is 43.3 Å². The molecule has 0 bridgehead atoms. The molecule has 25 heavy (non-hydrogen) atoms. The third kappa shape index (κ3) is 4.37. The highest BCUT2D eigenvalue weighted by molar-refractivity contribution is 5.77. The molecule has 1 N–H and O–H groups in total. The fourth-order valence-electron chi connectivity index (χ4n) is 2.12. The predicted octanol–water partition coefficient (Wildman–Crippen LogP) is 1.81. The van der Waals surface area contributed by atoms with Crippen LogP contribution in [0.25, 0.3) is 5.69 Å². The van der Waals surface area contributed by atoms with E-state index in [2.05, 4.69) is 20.8 Å². The molecule has 3 aromatic rings. The Morgan fingerprint density at radius 3 is 2.72 bits per heavy atom. The predicted molar refractivity (Wildman–Crippen MR) is 87.6 cm³/mol. The molecule has 1 heterocycles. The smallest absolute Gasteiger partial charge is 0.258 e. The lowest BCUT2D eigenvalue weighted by atomic mass is 10.1. The molecule has 0 aliphatic carbocycles. The monoisotopic (exact) mass is 341 g/mol. The maximum Gasteiger partial charge on any atom is 0.258 e. The number of benzene rings is 2. The molecule has 0 fully saturated rings. The molecular weight excluding hydrogens is 325 g/mol. The number of halogens is 1. The summed E-state index contributed by atoms with van der Waals surface area (Å²) in [5, 5.41) is 13.6. The highest BCUT2D eigenvalue weighted by atomic mass is 19.1. The van der Waals surface area contributed by atoms with Crippen molar-refractivity contribution in [1.29, 1.82) is 0 Å². The van der Waals surface area contributed by atoms with Crippen molar-refractivity contribution < 1.29 is 13.9 Å². The summed E-state index contributed by atoms with van der Waals surface area (Å²) in [5.41, 5.74) is 2.05. The van der Waals surface area contributed by atoms with Gasteiger partial charge in [0.15, 0.2) is 6.61 Å². The van der Waals surface area contributed by atoms with E-state index in [4.69, 9.17) is 4.74 Å². The third-order valence-corrected chi connectivity index (χ3v) is 3.55. The van der Waals surface area contributed by atoms with Crippen LogP contribution < -0.4 is 10.1 Å². The van der Waals surface area contributed by atoms with Crippen molar-refractivity contribution in [2.24, 2.45) is 0 Å². The summed E-state index contributed by atoms with van der Waals surface area (Å²) >= 11 is 0. The number of hydrogen-bond donors (Lipinski definition) is 1. The number of tetrazole rings is 1. The molecule has 0 unspecified atom stereocenters. The largest absolute Gasteiger partial charge is 0.484 e. The Hall–Kier alpha value is -3.29. The summed E-state index contributed by atoms with van der Waals surface area (Å²) in [6.07, 6.45) is 1.48. The maximum atomic E-state index is 13.5. The summed E-state index contributed by atoms with van der Waals surface area (Å²) in [5.74, 6) is -0.0236. The topological polar surface area (TPSA) is 81.9 Å². The van der Waals surface area contributed by atoms with Crippen molar-refractivity contribution in [2.45, 2.75) is 13.5 Å². The Bertz CT molecular complexity index is 850. The summed E-state index contributed by atoms with van der Waals surface area (Å²) in [4.78, 5) is 11.8. The number of amides is 1. The van der Waals surface area contributed by atoms with E-state index in [1.165, 1.54) is 17.1 Å². The maximum absolute atomic E-state index is 13.5. The second kappa shape index (κ2) is 7.52. The van der Waals surface area contributed by atoms with E-state index < -0.39 is 0 Å². The molecule has 128 valence electrons. The van der Waals surface area contributed by atoms with E-state index in [0.717, 1.165) is 5.69 Å². The van der Waals surface area contributed by atoms with Gasteiger partial charge in [0.1, 0.15) is 17.9 Å². The summed E-state index contributed by atoms with van der Waals surface area (Å²) < 4.78 is 20.4. The molecule has 8 heteroatoms. The SMILES string of the molecule is Cc1ccc(CNC(=O)COc2ccc(-n3cnnn3)cc2)cc1F. The molecular formula is C17H16FN5O2. The molecule has 1 amide bonds. The van der Waals surface area contributed by atoms with Crippen LogP contribution in [0.15, 0.2) is 48.8 Å². The Kier molecular flexibility index (Phi) is 4.98. The molecule has 0 saturated carbocycles. The van der Waals surface area contributed by atoms with Crippen molar-refractivity contribution in [2.75, 3.05) is 6.61 Å². The standard InChI is InChI=1S/C17H16FN5O2/c1-12-2-3-13(8-16(12)18)9-19-17(24)10-25-15-6-4-14(5-7-15)23-11-20-21-22-23/h2-8,11H,9-10H2,1H3,(H,19,24). The summed E-state index contributed by atoms with van der Waals surface area (Å²) in [7, 11) is 0. The zero-order valence-electron chi connectivity index (χ0n) is 13.5. The minimum atomic E-state index is -0.287. The first kappa shape index (κ1) is 16.6. The second-order valence-corrected chi connectivity index (χ2v) is 5.40. The van der Waals surface area contributed by atoms with Crippen molar-refractivity contribution in [3.63, 3.8) is 0 Å². The van der Waals surface area contributed by atoms with Crippen molar-refractivity contribution in [3.05, 3.63) is 65.7 Å². The first-order chi connectivity index (χ1) is 12.1. The lowest BCUT2D eigenvalue weighted by Gasteiger charge is -2.09. The molecule has 2 aromatic carbocycles. The first-order valence-electron chi connectivity index (χ1n) is 7.60. The van der Waals surface area contributed by atoms with Gasteiger partial charge in [-0.05, 0) is 58.8 Å². The summed E-state index contributed by atoms with van der Waals surface area (Å²) in [6.45, 7) is 1.81.